The first-order valence-corrected chi connectivity index (χ1v) is 11.6. The first kappa shape index (κ1) is 22.3. The zero-order chi connectivity index (χ0) is 24.1. The molecule has 0 spiro atoms. The van der Waals surface area contributed by atoms with Gasteiger partial charge in [0.2, 0.25) is 5.17 Å². The van der Waals surface area contributed by atoms with Crippen molar-refractivity contribution < 1.29 is 9.18 Å². The molecule has 1 amide bonds. The number of aliphatic imine (C=N–C) groups is 1. The summed E-state index contributed by atoms with van der Waals surface area (Å²) in [4.78, 5) is 17.0. The molecule has 0 saturated carbocycles. The number of thioether (sulfide) groups is 1. The van der Waals surface area contributed by atoms with Crippen molar-refractivity contribution in [2.45, 2.75) is 20.8 Å². The number of aromatic nitrogens is 1. The number of nitrogens with one attached hydrogen (secondary N) is 1. The Hall–Kier alpha value is -3.49. The number of carbonyl (C=O) groups is 1. The molecule has 0 saturated heterocycles. The minimum atomic E-state index is -0.498. The molecule has 0 unspecified atom stereocenters. The van der Waals surface area contributed by atoms with Gasteiger partial charge >= 0.3 is 0 Å². The highest BCUT2D eigenvalue weighted by Crippen LogP contribution is 2.32. The van der Waals surface area contributed by atoms with Gasteiger partial charge in [-0.05, 0) is 92.2 Å². The van der Waals surface area contributed by atoms with Gasteiger partial charge in [-0.1, -0.05) is 17.7 Å². The normalized spacial score (nSPS) is 16.7. The fourth-order valence-corrected chi connectivity index (χ4v) is 4.98. The monoisotopic (exact) mass is 491 g/mol. The Morgan fingerprint density at radius 3 is 2.53 bits per heavy atom. The molecule has 2 aliphatic heterocycles. The molecule has 3 heterocycles. The number of amides is 1. The van der Waals surface area contributed by atoms with Crippen molar-refractivity contribution in [2.75, 3.05) is 0 Å². The van der Waals surface area contributed by atoms with E-state index in [1.807, 2.05) is 45.0 Å². The Labute approximate surface area is 205 Å². The minimum Gasteiger partial charge on any atom is -0.318 e. The largest absolute Gasteiger partial charge is 0.318 e. The maximum Gasteiger partial charge on any atom is 0.283 e. The smallest absolute Gasteiger partial charge is 0.283 e. The van der Waals surface area contributed by atoms with Crippen LogP contribution >= 0.6 is 23.4 Å². The standard InChI is InChI=1S/C25H19ClFN5OS/c1-13-4-9-19(12-21(13)26)31-14(2)10-17(15(31)3)11-20-22(28)32-25(29-23(20)33)34-24(30-32)16-5-7-18(27)8-6-16/h4-12,28H,1-3H3/b20-11-,28-22?. The zero-order valence-electron chi connectivity index (χ0n) is 18.6. The highest BCUT2D eigenvalue weighted by molar-refractivity contribution is 8.27. The molecular formula is C25H19ClFN5OS. The van der Waals surface area contributed by atoms with Gasteiger partial charge in [-0.25, -0.2) is 4.39 Å². The summed E-state index contributed by atoms with van der Waals surface area (Å²) in [6, 6.07) is 13.7. The average Bonchev–Trinajstić information content (AvgIpc) is 3.34. The lowest BCUT2D eigenvalue weighted by molar-refractivity contribution is -0.114. The number of halogens is 2. The molecule has 5 rings (SSSR count). The topological polar surface area (TPSA) is 73.8 Å². The van der Waals surface area contributed by atoms with Crippen LogP contribution in [0.25, 0.3) is 11.8 Å². The van der Waals surface area contributed by atoms with Gasteiger partial charge in [0, 0.05) is 27.7 Å². The van der Waals surface area contributed by atoms with E-state index in [2.05, 4.69) is 14.7 Å². The summed E-state index contributed by atoms with van der Waals surface area (Å²) in [7, 11) is 0. The second-order valence-electron chi connectivity index (χ2n) is 8.03. The fraction of sp³-hybridized carbons (Fsp3) is 0.120. The first-order chi connectivity index (χ1) is 16.2. The molecule has 0 fully saturated rings. The number of nitrogens with zero attached hydrogens (tertiary/aromatic N) is 4. The van der Waals surface area contributed by atoms with Crippen LogP contribution < -0.4 is 0 Å². The minimum absolute atomic E-state index is 0.0530. The van der Waals surface area contributed by atoms with E-state index >= 15 is 0 Å². The highest BCUT2D eigenvalue weighted by atomic mass is 35.5. The zero-order valence-corrected chi connectivity index (χ0v) is 20.1. The predicted molar refractivity (Wildman–Crippen MR) is 136 cm³/mol. The van der Waals surface area contributed by atoms with Crippen molar-refractivity contribution in [2.24, 2.45) is 10.1 Å². The van der Waals surface area contributed by atoms with Gasteiger partial charge in [-0.2, -0.15) is 15.1 Å². The Morgan fingerprint density at radius 1 is 1.09 bits per heavy atom. The lowest BCUT2D eigenvalue weighted by Crippen LogP contribution is -2.35. The number of benzene rings is 2. The van der Waals surface area contributed by atoms with Gasteiger partial charge in [0.05, 0.1) is 5.57 Å². The van der Waals surface area contributed by atoms with Gasteiger partial charge in [0.25, 0.3) is 5.91 Å². The van der Waals surface area contributed by atoms with Gasteiger partial charge in [-0.15, -0.1) is 0 Å². The third-order valence-corrected chi connectivity index (χ3v) is 7.09. The molecule has 1 N–H and O–H groups in total. The molecule has 0 bridgehead atoms. The van der Waals surface area contributed by atoms with Crippen LogP contribution in [-0.4, -0.2) is 31.5 Å². The van der Waals surface area contributed by atoms with Gasteiger partial charge < -0.3 is 4.57 Å². The van der Waals surface area contributed by atoms with Crippen LogP contribution in [0.3, 0.4) is 0 Å². The van der Waals surface area contributed by atoms with Crippen LogP contribution in [0.1, 0.15) is 28.1 Å². The van der Waals surface area contributed by atoms with E-state index in [0.717, 1.165) is 28.2 Å². The first-order valence-electron chi connectivity index (χ1n) is 10.4. The molecule has 0 radical (unpaired) electrons. The quantitative estimate of drug-likeness (QED) is 0.466. The number of hydrogen-bond acceptors (Lipinski definition) is 4. The van der Waals surface area contributed by atoms with E-state index in [9.17, 15) is 9.18 Å². The molecule has 3 aromatic rings. The highest BCUT2D eigenvalue weighted by Gasteiger charge is 2.36. The van der Waals surface area contributed by atoms with Crippen LogP contribution in [0, 0.1) is 32.0 Å². The summed E-state index contributed by atoms with van der Waals surface area (Å²) >= 11 is 7.51. The van der Waals surface area contributed by atoms with Crippen LogP contribution in [0.4, 0.5) is 4.39 Å². The Kier molecular flexibility index (Phi) is 5.50. The molecule has 9 heteroatoms. The molecule has 0 atom stereocenters. The molecule has 6 nitrogen and oxygen atoms in total. The molecule has 1 aromatic heterocycles. The molecule has 2 aromatic carbocycles. The van der Waals surface area contributed by atoms with Crippen molar-refractivity contribution >= 4 is 51.4 Å². The van der Waals surface area contributed by atoms with Crippen molar-refractivity contribution in [1.82, 2.24) is 9.58 Å². The summed E-state index contributed by atoms with van der Waals surface area (Å²) in [6.07, 6.45) is 1.68. The van der Waals surface area contributed by atoms with Crippen LogP contribution in [0.2, 0.25) is 5.02 Å². The number of fused-ring (bicyclic) bond motifs is 1. The summed E-state index contributed by atoms with van der Waals surface area (Å²) in [6.45, 7) is 5.88. The van der Waals surface area contributed by atoms with Crippen molar-refractivity contribution in [1.29, 1.82) is 5.41 Å². The Balaban J connectivity index is 1.51. The van der Waals surface area contributed by atoms with Gasteiger partial charge in [0.15, 0.2) is 5.84 Å². The van der Waals surface area contributed by atoms with Gasteiger partial charge in [-0.3, -0.25) is 10.2 Å². The number of hydrogen-bond donors (Lipinski definition) is 1. The molecular weight excluding hydrogens is 473 g/mol. The second kappa shape index (κ2) is 8.38. The van der Waals surface area contributed by atoms with E-state index < -0.39 is 5.91 Å². The van der Waals surface area contributed by atoms with Crippen LogP contribution in [-0.2, 0) is 4.79 Å². The second-order valence-corrected chi connectivity index (χ2v) is 9.39. The SMILES string of the molecule is Cc1ccc(-n2c(C)cc(/C=C3/C(=N)N4N=C(c5ccc(F)cc5)SC4=NC3=O)c2C)cc1Cl. The summed E-state index contributed by atoms with van der Waals surface area (Å²) < 4.78 is 15.3. The lowest BCUT2D eigenvalue weighted by atomic mass is 10.1. The Bertz CT molecular complexity index is 1470. The number of amidine groups is 2. The number of hydrazone groups is 1. The molecule has 34 heavy (non-hydrogen) atoms. The maximum atomic E-state index is 13.3. The number of carbonyl (C=O) groups excluding carboxylic acids is 1. The van der Waals surface area contributed by atoms with Crippen molar-refractivity contribution in [3.63, 3.8) is 0 Å². The van der Waals surface area contributed by atoms with E-state index in [1.165, 1.54) is 28.9 Å². The van der Waals surface area contributed by atoms with Crippen molar-refractivity contribution in [3.8, 4) is 5.69 Å². The van der Waals surface area contributed by atoms with Crippen LogP contribution in [0.15, 0.2) is 64.2 Å². The number of aryl methyl sites for hydroxylation is 2. The van der Waals surface area contributed by atoms with E-state index in [0.29, 0.717) is 20.8 Å². The summed E-state index contributed by atoms with van der Waals surface area (Å²) in [5.74, 6) is -0.897. The van der Waals surface area contributed by atoms with Gasteiger partial charge in [0.1, 0.15) is 10.9 Å². The summed E-state index contributed by atoms with van der Waals surface area (Å²) in [5.41, 5.74) is 5.43. The van der Waals surface area contributed by atoms with Crippen LogP contribution in [0.5, 0.6) is 0 Å². The van der Waals surface area contributed by atoms with E-state index in [-0.39, 0.29) is 17.2 Å². The maximum absolute atomic E-state index is 13.3. The third-order valence-electron chi connectivity index (χ3n) is 5.73. The fourth-order valence-electron chi connectivity index (χ4n) is 3.91. The predicted octanol–water partition coefficient (Wildman–Crippen LogP) is 5.86. The van der Waals surface area contributed by atoms with E-state index in [4.69, 9.17) is 17.0 Å². The molecule has 170 valence electrons. The van der Waals surface area contributed by atoms with E-state index in [1.54, 1.807) is 18.2 Å². The summed E-state index contributed by atoms with van der Waals surface area (Å²) in [5, 5.41) is 16.0. The molecule has 2 aliphatic rings. The third kappa shape index (κ3) is 3.78. The number of rotatable bonds is 3. The lowest BCUT2D eigenvalue weighted by Gasteiger charge is -2.20. The molecule has 0 aliphatic carbocycles. The van der Waals surface area contributed by atoms with Crippen molar-refractivity contribution in [3.05, 3.63) is 93.0 Å². The Morgan fingerprint density at radius 2 is 1.82 bits per heavy atom. The average molecular weight is 492 g/mol.